The van der Waals surface area contributed by atoms with Crippen molar-refractivity contribution in [3.05, 3.63) is 59.7 Å². The summed E-state index contributed by atoms with van der Waals surface area (Å²) in [5.74, 6) is 1.52. The summed E-state index contributed by atoms with van der Waals surface area (Å²) in [7, 11) is 6.09. The molecule has 0 atom stereocenters. The number of rotatable bonds is 6. The Kier molecular flexibility index (Phi) is 5.49. The third-order valence-electron chi connectivity index (χ3n) is 4.47. The van der Waals surface area contributed by atoms with Crippen LogP contribution in [0.4, 0.5) is 0 Å². The minimum Gasteiger partial charge on any atom is -0.493 e. The third kappa shape index (κ3) is 3.49. The highest BCUT2D eigenvalue weighted by molar-refractivity contribution is 6.44. The number of methoxy groups -OCH3 is 4. The fraction of sp³-hybridized carbons (Fsp3) is 0.182. The molecule has 0 bridgehead atoms. The zero-order valence-corrected chi connectivity index (χ0v) is 16.1. The predicted octanol–water partition coefficient (Wildman–Crippen LogP) is 3.34. The molecule has 3 rings (SSSR count). The fourth-order valence-corrected chi connectivity index (χ4v) is 3.02. The Hall–Kier alpha value is -3.54. The number of ether oxygens (including phenoxy) is 4. The van der Waals surface area contributed by atoms with Crippen molar-refractivity contribution in [2.24, 2.45) is 0 Å². The lowest BCUT2D eigenvalue weighted by Gasteiger charge is -2.15. The lowest BCUT2D eigenvalue weighted by molar-refractivity contribution is -0.112. The molecule has 0 aromatic heterocycles. The first kappa shape index (κ1) is 19.2. The van der Waals surface area contributed by atoms with E-state index < -0.39 is 0 Å². The van der Waals surface area contributed by atoms with Gasteiger partial charge in [0.15, 0.2) is 34.6 Å². The van der Waals surface area contributed by atoms with Crippen LogP contribution in [0.1, 0.15) is 11.1 Å². The topological polar surface area (TPSA) is 71.1 Å². The van der Waals surface area contributed by atoms with Crippen LogP contribution in [0.15, 0.2) is 48.6 Å². The van der Waals surface area contributed by atoms with Crippen LogP contribution in [0.25, 0.3) is 11.1 Å². The van der Waals surface area contributed by atoms with Gasteiger partial charge in [-0.15, -0.1) is 0 Å². The zero-order valence-electron chi connectivity index (χ0n) is 16.1. The van der Waals surface area contributed by atoms with Crippen LogP contribution in [-0.2, 0) is 9.59 Å². The first-order chi connectivity index (χ1) is 13.5. The van der Waals surface area contributed by atoms with Gasteiger partial charge in [-0.2, -0.15) is 0 Å². The second-order valence-corrected chi connectivity index (χ2v) is 5.98. The molecule has 0 fully saturated rings. The Morgan fingerprint density at radius 1 is 0.536 bits per heavy atom. The molecule has 2 aromatic carbocycles. The quantitative estimate of drug-likeness (QED) is 0.716. The predicted molar refractivity (Wildman–Crippen MR) is 105 cm³/mol. The summed E-state index contributed by atoms with van der Waals surface area (Å²) in [4.78, 5) is 25.5. The van der Waals surface area contributed by atoms with E-state index in [1.165, 1.54) is 40.6 Å². The Balaban J connectivity index is 1.97. The lowest BCUT2D eigenvalue weighted by Crippen LogP contribution is -2.12. The van der Waals surface area contributed by atoms with E-state index in [4.69, 9.17) is 18.9 Å². The number of ketones is 2. The first-order valence-electron chi connectivity index (χ1n) is 8.49. The molecule has 144 valence electrons. The summed E-state index contributed by atoms with van der Waals surface area (Å²) in [6.07, 6.45) is 2.69. The molecule has 0 amide bonds. The van der Waals surface area contributed by atoms with Gasteiger partial charge in [-0.25, -0.2) is 0 Å². The molecule has 0 saturated carbocycles. The minimum absolute atomic E-state index is 0.267. The van der Waals surface area contributed by atoms with Crippen molar-refractivity contribution in [1.29, 1.82) is 0 Å². The van der Waals surface area contributed by atoms with Gasteiger partial charge in [0.2, 0.25) is 0 Å². The standard InChI is InChI=1S/C22H20O6/c1-25-19-7-5-13(9-21(19)27-3)15-11-18(24)16(12-17(15)23)14-6-8-20(26-2)22(10-14)28-4/h5-12H,1-4H3. The van der Waals surface area contributed by atoms with E-state index in [-0.39, 0.29) is 11.6 Å². The largest absolute Gasteiger partial charge is 0.493 e. The van der Waals surface area contributed by atoms with E-state index in [0.29, 0.717) is 45.3 Å². The van der Waals surface area contributed by atoms with Crippen molar-refractivity contribution >= 4 is 22.7 Å². The molecule has 1 aliphatic rings. The third-order valence-corrected chi connectivity index (χ3v) is 4.47. The molecule has 0 saturated heterocycles. The average molecular weight is 380 g/mol. The van der Waals surface area contributed by atoms with Gasteiger partial charge in [-0.05, 0) is 47.5 Å². The second kappa shape index (κ2) is 8.00. The van der Waals surface area contributed by atoms with Crippen LogP contribution in [0.2, 0.25) is 0 Å². The van der Waals surface area contributed by atoms with Crippen LogP contribution < -0.4 is 18.9 Å². The molecule has 6 nitrogen and oxygen atoms in total. The zero-order chi connectivity index (χ0) is 20.3. The Bertz CT molecular complexity index is 919. The number of carbonyl (C=O) groups excluding carboxylic acids is 2. The highest BCUT2D eigenvalue weighted by Crippen LogP contribution is 2.35. The van der Waals surface area contributed by atoms with Gasteiger partial charge < -0.3 is 18.9 Å². The highest BCUT2D eigenvalue weighted by Gasteiger charge is 2.24. The summed E-state index contributed by atoms with van der Waals surface area (Å²) >= 11 is 0. The SMILES string of the molecule is COc1ccc(C2=CC(=O)C(c3ccc(OC)c(OC)c3)=CC2=O)cc1OC. The summed E-state index contributed by atoms with van der Waals surface area (Å²) in [5.41, 5.74) is 1.77. The molecule has 0 aliphatic heterocycles. The van der Waals surface area contributed by atoms with Gasteiger partial charge in [0, 0.05) is 11.1 Å². The van der Waals surface area contributed by atoms with E-state index in [2.05, 4.69) is 0 Å². The van der Waals surface area contributed by atoms with Crippen LogP contribution in [0, 0.1) is 0 Å². The number of hydrogen-bond acceptors (Lipinski definition) is 6. The van der Waals surface area contributed by atoms with Gasteiger partial charge in [-0.1, -0.05) is 12.1 Å². The second-order valence-electron chi connectivity index (χ2n) is 5.98. The highest BCUT2D eigenvalue weighted by atomic mass is 16.5. The molecule has 0 N–H and O–H groups in total. The molecule has 0 spiro atoms. The smallest absolute Gasteiger partial charge is 0.187 e. The molecular formula is C22H20O6. The number of carbonyl (C=O) groups is 2. The van der Waals surface area contributed by atoms with Crippen molar-refractivity contribution < 1.29 is 28.5 Å². The Morgan fingerprint density at radius 3 is 1.21 bits per heavy atom. The molecule has 1 aliphatic carbocycles. The van der Waals surface area contributed by atoms with Crippen molar-refractivity contribution in [2.75, 3.05) is 28.4 Å². The van der Waals surface area contributed by atoms with Crippen molar-refractivity contribution in [3.63, 3.8) is 0 Å². The van der Waals surface area contributed by atoms with E-state index in [1.807, 2.05) is 0 Å². The molecule has 28 heavy (non-hydrogen) atoms. The lowest BCUT2D eigenvalue weighted by atomic mass is 9.89. The maximum Gasteiger partial charge on any atom is 0.187 e. The summed E-state index contributed by atoms with van der Waals surface area (Å²) in [5, 5.41) is 0. The van der Waals surface area contributed by atoms with Gasteiger partial charge in [-0.3, -0.25) is 9.59 Å². The van der Waals surface area contributed by atoms with E-state index in [1.54, 1.807) is 36.4 Å². The first-order valence-corrected chi connectivity index (χ1v) is 8.49. The number of hydrogen-bond donors (Lipinski definition) is 0. The Labute approximate surface area is 163 Å². The van der Waals surface area contributed by atoms with E-state index in [9.17, 15) is 9.59 Å². The Morgan fingerprint density at radius 2 is 0.893 bits per heavy atom. The van der Waals surface area contributed by atoms with Crippen LogP contribution in [0.5, 0.6) is 23.0 Å². The van der Waals surface area contributed by atoms with Crippen LogP contribution in [-0.4, -0.2) is 40.0 Å². The molecule has 6 heteroatoms. The molecule has 0 radical (unpaired) electrons. The van der Waals surface area contributed by atoms with Gasteiger partial charge in [0.25, 0.3) is 0 Å². The van der Waals surface area contributed by atoms with E-state index in [0.717, 1.165) is 0 Å². The molecular weight excluding hydrogens is 360 g/mol. The summed E-state index contributed by atoms with van der Waals surface area (Å²) in [6.45, 7) is 0. The summed E-state index contributed by atoms with van der Waals surface area (Å²) in [6, 6.07) is 10.2. The number of benzene rings is 2. The van der Waals surface area contributed by atoms with Crippen molar-refractivity contribution in [1.82, 2.24) is 0 Å². The van der Waals surface area contributed by atoms with Gasteiger partial charge in [0.05, 0.1) is 28.4 Å². The molecule has 0 unspecified atom stereocenters. The fourth-order valence-electron chi connectivity index (χ4n) is 3.02. The van der Waals surface area contributed by atoms with Crippen molar-refractivity contribution in [3.8, 4) is 23.0 Å². The maximum absolute atomic E-state index is 12.7. The monoisotopic (exact) mass is 380 g/mol. The minimum atomic E-state index is -0.267. The summed E-state index contributed by atoms with van der Waals surface area (Å²) < 4.78 is 21.0. The molecule has 2 aromatic rings. The van der Waals surface area contributed by atoms with E-state index >= 15 is 0 Å². The molecule has 0 heterocycles. The van der Waals surface area contributed by atoms with Crippen LogP contribution in [0.3, 0.4) is 0 Å². The maximum atomic E-state index is 12.7. The van der Waals surface area contributed by atoms with Crippen LogP contribution >= 0.6 is 0 Å². The average Bonchev–Trinajstić information content (AvgIpc) is 2.73. The van der Waals surface area contributed by atoms with Crippen molar-refractivity contribution in [2.45, 2.75) is 0 Å². The van der Waals surface area contributed by atoms with Gasteiger partial charge in [0.1, 0.15) is 0 Å². The van der Waals surface area contributed by atoms with Gasteiger partial charge >= 0.3 is 0 Å². The number of allylic oxidation sites excluding steroid dienone is 4. The normalized spacial score (nSPS) is 13.6.